The lowest BCUT2D eigenvalue weighted by atomic mass is 10.1. The van der Waals surface area contributed by atoms with Gasteiger partial charge in [0.1, 0.15) is 0 Å². The second kappa shape index (κ2) is 9.23. The van der Waals surface area contributed by atoms with Gasteiger partial charge in [0, 0.05) is 27.2 Å². The predicted molar refractivity (Wildman–Crippen MR) is 100.0 cm³/mol. The van der Waals surface area contributed by atoms with Crippen molar-refractivity contribution < 1.29 is 26.4 Å². The molecule has 2 rings (SSSR count). The molecule has 0 bridgehead atoms. The van der Waals surface area contributed by atoms with E-state index in [2.05, 4.69) is 4.72 Å². The van der Waals surface area contributed by atoms with E-state index in [1.165, 1.54) is 12.1 Å². The Morgan fingerprint density at radius 3 is 2.68 bits per heavy atom. The number of carbonyl (C=O) groups is 1. The molecule has 0 aromatic heterocycles. The number of alkyl halides is 3. The molecule has 1 unspecified atom stereocenters. The van der Waals surface area contributed by atoms with Crippen LogP contribution in [0.1, 0.15) is 30.4 Å². The van der Waals surface area contributed by atoms with Gasteiger partial charge in [-0.3, -0.25) is 9.69 Å². The maximum absolute atomic E-state index is 12.7. The van der Waals surface area contributed by atoms with Crippen molar-refractivity contribution in [2.24, 2.45) is 0 Å². The molecule has 10 heteroatoms. The van der Waals surface area contributed by atoms with E-state index in [-0.39, 0.29) is 24.1 Å². The number of nitrogens with one attached hydrogen (secondary N) is 1. The Hall–Kier alpha value is -1.65. The number of nitrogens with zero attached hydrogens (tertiary/aromatic N) is 2. The number of carbonyl (C=O) groups excluding carboxylic acids is 1. The minimum atomic E-state index is -4.51. The molecule has 0 spiro atoms. The first kappa shape index (κ1) is 22.6. The van der Waals surface area contributed by atoms with E-state index in [0.29, 0.717) is 13.0 Å². The number of hydrogen-bond donors (Lipinski definition) is 1. The second-order valence-electron chi connectivity index (χ2n) is 7.13. The van der Waals surface area contributed by atoms with Crippen LogP contribution in [0.2, 0.25) is 0 Å². The van der Waals surface area contributed by atoms with Crippen molar-refractivity contribution in [3.8, 4) is 0 Å². The fraction of sp³-hybridized carbons (Fsp3) is 0.611. The molecule has 1 amide bonds. The van der Waals surface area contributed by atoms with Crippen LogP contribution >= 0.6 is 0 Å². The third-order valence-corrected chi connectivity index (χ3v) is 6.00. The molecule has 1 aromatic carbocycles. The van der Waals surface area contributed by atoms with Gasteiger partial charge in [0.05, 0.1) is 17.4 Å². The molecule has 1 aromatic rings. The number of rotatable bonds is 8. The highest BCUT2D eigenvalue weighted by molar-refractivity contribution is 7.88. The van der Waals surface area contributed by atoms with Gasteiger partial charge in [-0.05, 0) is 37.4 Å². The molecule has 1 N–H and O–H groups in total. The molecular weight excluding hydrogens is 395 g/mol. The summed E-state index contributed by atoms with van der Waals surface area (Å²) in [5, 5.41) is 0. The number of benzene rings is 1. The molecule has 0 radical (unpaired) electrons. The third kappa shape index (κ3) is 6.46. The highest BCUT2D eigenvalue weighted by atomic mass is 32.2. The summed E-state index contributed by atoms with van der Waals surface area (Å²) in [6.07, 6.45) is -2.29. The molecule has 1 aliphatic heterocycles. The molecule has 1 aliphatic rings. The van der Waals surface area contributed by atoms with Crippen molar-refractivity contribution >= 4 is 15.9 Å². The molecule has 1 heterocycles. The zero-order valence-corrected chi connectivity index (χ0v) is 16.8. The fourth-order valence-electron chi connectivity index (χ4n) is 3.29. The van der Waals surface area contributed by atoms with Crippen molar-refractivity contribution in [1.29, 1.82) is 0 Å². The molecule has 0 saturated carbocycles. The van der Waals surface area contributed by atoms with Crippen LogP contribution in [0.5, 0.6) is 0 Å². The zero-order valence-electron chi connectivity index (χ0n) is 16.0. The van der Waals surface area contributed by atoms with E-state index in [4.69, 9.17) is 0 Å². The van der Waals surface area contributed by atoms with Crippen LogP contribution in [0.25, 0.3) is 0 Å². The highest BCUT2D eigenvalue weighted by Crippen LogP contribution is 2.29. The Morgan fingerprint density at radius 2 is 2.04 bits per heavy atom. The van der Waals surface area contributed by atoms with Crippen molar-refractivity contribution in [3.05, 3.63) is 35.4 Å². The van der Waals surface area contributed by atoms with E-state index in [1.54, 1.807) is 19.0 Å². The number of sulfonamides is 1. The third-order valence-electron chi connectivity index (χ3n) is 4.64. The SMILES string of the molecule is CN(C)C(=O)C1CCCN1CCCNS(=O)(=O)Cc1cccc(C(F)(F)F)c1. The van der Waals surface area contributed by atoms with Crippen molar-refractivity contribution in [2.75, 3.05) is 33.7 Å². The van der Waals surface area contributed by atoms with Gasteiger partial charge in [0.15, 0.2) is 0 Å². The summed E-state index contributed by atoms with van der Waals surface area (Å²) >= 11 is 0. The van der Waals surface area contributed by atoms with Crippen LogP contribution < -0.4 is 4.72 Å². The first-order valence-electron chi connectivity index (χ1n) is 9.08. The van der Waals surface area contributed by atoms with E-state index < -0.39 is 27.5 Å². The molecule has 1 atom stereocenters. The monoisotopic (exact) mass is 421 g/mol. The second-order valence-corrected chi connectivity index (χ2v) is 8.94. The Kier molecular flexibility index (Phi) is 7.46. The summed E-state index contributed by atoms with van der Waals surface area (Å²) in [6.45, 7) is 1.54. The van der Waals surface area contributed by atoms with Gasteiger partial charge >= 0.3 is 6.18 Å². The van der Waals surface area contributed by atoms with Crippen LogP contribution in [0.4, 0.5) is 13.2 Å². The van der Waals surface area contributed by atoms with Crippen LogP contribution in [0.15, 0.2) is 24.3 Å². The zero-order chi connectivity index (χ0) is 20.9. The predicted octanol–water partition coefficient (Wildman–Crippen LogP) is 2.07. The standard InChI is InChI=1S/C18H26F3N3O3S/c1-23(2)17(25)16-8-4-10-24(16)11-5-9-22-28(26,27)13-14-6-3-7-15(12-14)18(19,20)21/h3,6-7,12,16,22H,4-5,8-11,13H2,1-2H3. The molecule has 6 nitrogen and oxygen atoms in total. The van der Waals surface area contributed by atoms with E-state index >= 15 is 0 Å². The molecule has 0 aliphatic carbocycles. The lowest BCUT2D eigenvalue weighted by molar-refractivity contribution is -0.137. The van der Waals surface area contributed by atoms with Gasteiger partial charge < -0.3 is 4.90 Å². The van der Waals surface area contributed by atoms with Gasteiger partial charge in [0.25, 0.3) is 0 Å². The van der Waals surface area contributed by atoms with Crippen molar-refractivity contribution in [2.45, 2.75) is 37.2 Å². The Balaban J connectivity index is 1.83. The topological polar surface area (TPSA) is 69.7 Å². The normalized spacial score (nSPS) is 18.4. The maximum Gasteiger partial charge on any atom is 0.416 e. The molecule has 1 saturated heterocycles. The Labute approximate surface area is 163 Å². The van der Waals surface area contributed by atoms with Gasteiger partial charge in [-0.25, -0.2) is 13.1 Å². The Morgan fingerprint density at radius 1 is 1.32 bits per heavy atom. The van der Waals surface area contributed by atoms with Gasteiger partial charge in [0.2, 0.25) is 15.9 Å². The number of halogens is 3. The lowest BCUT2D eigenvalue weighted by Gasteiger charge is -2.26. The van der Waals surface area contributed by atoms with E-state index in [9.17, 15) is 26.4 Å². The average molecular weight is 421 g/mol. The van der Waals surface area contributed by atoms with Gasteiger partial charge in [-0.15, -0.1) is 0 Å². The Bertz CT molecular complexity index is 782. The number of hydrogen-bond acceptors (Lipinski definition) is 4. The first-order chi connectivity index (χ1) is 13.0. The average Bonchev–Trinajstić information content (AvgIpc) is 3.05. The summed E-state index contributed by atoms with van der Waals surface area (Å²) in [5.74, 6) is -0.467. The van der Waals surface area contributed by atoms with Gasteiger partial charge in [-0.1, -0.05) is 18.2 Å². The maximum atomic E-state index is 12.7. The smallest absolute Gasteiger partial charge is 0.347 e. The van der Waals surface area contributed by atoms with Crippen LogP contribution in [0.3, 0.4) is 0 Å². The summed E-state index contributed by atoms with van der Waals surface area (Å²) in [5.41, 5.74) is -0.788. The highest BCUT2D eigenvalue weighted by Gasteiger charge is 2.32. The minimum absolute atomic E-state index is 0.0441. The van der Waals surface area contributed by atoms with Crippen LogP contribution in [0, 0.1) is 0 Å². The summed E-state index contributed by atoms with van der Waals surface area (Å²) in [4.78, 5) is 15.7. The summed E-state index contributed by atoms with van der Waals surface area (Å²) < 4.78 is 64.9. The number of likely N-dealkylation sites (N-methyl/N-ethyl adjacent to an activating group) is 1. The summed E-state index contributed by atoms with van der Waals surface area (Å²) in [7, 11) is -0.329. The quantitative estimate of drug-likeness (QED) is 0.653. The first-order valence-corrected chi connectivity index (χ1v) is 10.7. The minimum Gasteiger partial charge on any atom is -0.347 e. The number of likely N-dealkylation sites (tertiary alicyclic amines) is 1. The molecule has 1 fully saturated rings. The van der Waals surface area contributed by atoms with E-state index in [0.717, 1.165) is 31.5 Å². The lowest BCUT2D eigenvalue weighted by Crippen LogP contribution is -2.43. The fourth-order valence-corrected chi connectivity index (χ4v) is 4.46. The van der Waals surface area contributed by atoms with Crippen molar-refractivity contribution in [1.82, 2.24) is 14.5 Å². The number of amides is 1. The largest absolute Gasteiger partial charge is 0.416 e. The molecular formula is C18H26F3N3O3S. The van der Waals surface area contributed by atoms with E-state index in [1.807, 2.05) is 4.90 Å². The van der Waals surface area contributed by atoms with Crippen molar-refractivity contribution in [3.63, 3.8) is 0 Å². The molecule has 28 heavy (non-hydrogen) atoms. The van der Waals surface area contributed by atoms with Gasteiger partial charge in [-0.2, -0.15) is 13.2 Å². The van der Waals surface area contributed by atoms with Crippen LogP contribution in [-0.2, 0) is 26.7 Å². The summed E-state index contributed by atoms with van der Waals surface area (Å²) in [6, 6.07) is 4.14. The van der Waals surface area contributed by atoms with Crippen LogP contribution in [-0.4, -0.2) is 63.9 Å². The molecule has 158 valence electrons.